The van der Waals surface area contributed by atoms with Crippen LogP contribution in [-0.2, 0) is 11.8 Å². The summed E-state index contributed by atoms with van der Waals surface area (Å²) in [6, 6.07) is 13.3. The molecule has 0 aliphatic carbocycles. The predicted octanol–water partition coefficient (Wildman–Crippen LogP) is 4.69. The first-order valence-corrected chi connectivity index (χ1v) is 8.06. The molecule has 0 amide bonds. The van der Waals surface area contributed by atoms with Crippen LogP contribution in [0.25, 0.3) is 10.9 Å². The molecule has 0 atom stereocenters. The molecule has 0 unspecified atom stereocenters. The van der Waals surface area contributed by atoms with Crippen LogP contribution < -0.4 is 4.74 Å². The number of nitrogens with zero attached hydrogens (tertiary/aromatic N) is 2. The number of aromatic nitrogens is 2. The van der Waals surface area contributed by atoms with Crippen molar-refractivity contribution in [2.45, 2.75) is 32.6 Å². The third kappa shape index (κ3) is 3.53. The number of halogens is 1. The summed E-state index contributed by atoms with van der Waals surface area (Å²) in [6.45, 7) is 7.02. The van der Waals surface area contributed by atoms with Crippen molar-refractivity contribution in [3.8, 4) is 5.88 Å². The second-order valence-electron chi connectivity index (χ2n) is 6.86. The first-order valence-electron chi connectivity index (χ1n) is 8.06. The van der Waals surface area contributed by atoms with Gasteiger partial charge in [-0.15, -0.1) is 0 Å². The maximum Gasteiger partial charge on any atom is 0.227 e. The Labute approximate surface area is 141 Å². The Balaban J connectivity index is 1.69. The van der Waals surface area contributed by atoms with Gasteiger partial charge in [0.25, 0.3) is 0 Å². The zero-order valence-corrected chi connectivity index (χ0v) is 14.2. The van der Waals surface area contributed by atoms with E-state index in [4.69, 9.17) is 4.74 Å². The van der Waals surface area contributed by atoms with Gasteiger partial charge in [-0.05, 0) is 28.7 Å². The normalized spacial score (nSPS) is 11.7. The largest absolute Gasteiger partial charge is 0.477 e. The van der Waals surface area contributed by atoms with Crippen LogP contribution in [0, 0.1) is 5.82 Å². The van der Waals surface area contributed by atoms with E-state index in [1.807, 2.05) is 0 Å². The zero-order chi connectivity index (χ0) is 17.2. The molecule has 0 N–H and O–H groups in total. The van der Waals surface area contributed by atoms with Crippen molar-refractivity contribution in [3.05, 3.63) is 65.7 Å². The van der Waals surface area contributed by atoms with Gasteiger partial charge >= 0.3 is 0 Å². The summed E-state index contributed by atoms with van der Waals surface area (Å²) in [4.78, 5) is 8.14. The van der Waals surface area contributed by atoms with Gasteiger partial charge in [0.2, 0.25) is 5.88 Å². The molecule has 1 heterocycles. The fourth-order valence-corrected chi connectivity index (χ4v) is 2.59. The van der Waals surface area contributed by atoms with Gasteiger partial charge in [-0.25, -0.2) is 14.4 Å². The Bertz CT molecular complexity index is 833. The maximum absolute atomic E-state index is 14.0. The van der Waals surface area contributed by atoms with E-state index in [1.165, 1.54) is 23.5 Å². The van der Waals surface area contributed by atoms with Gasteiger partial charge in [-0.1, -0.05) is 51.1 Å². The van der Waals surface area contributed by atoms with E-state index in [0.717, 1.165) is 6.42 Å². The Morgan fingerprint density at radius 3 is 2.46 bits per heavy atom. The number of rotatable bonds is 4. The van der Waals surface area contributed by atoms with Crippen LogP contribution in [0.3, 0.4) is 0 Å². The number of ether oxygens (including phenoxy) is 1. The SMILES string of the molecule is CC(C)(C)c1ccc(CCOc2ncnc3cccc([18F])c23)cc1. The number of fused-ring (bicyclic) bond motifs is 1. The summed E-state index contributed by atoms with van der Waals surface area (Å²) in [5, 5.41) is 0.336. The van der Waals surface area contributed by atoms with Gasteiger partial charge in [0.05, 0.1) is 17.5 Å². The quantitative estimate of drug-likeness (QED) is 0.699. The van der Waals surface area contributed by atoms with Crippen molar-refractivity contribution in [2.75, 3.05) is 6.61 Å². The van der Waals surface area contributed by atoms with E-state index in [-0.39, 0.29) is 11.2 Å². The smallest absolute Gasteiger partial charge is 0.227 e. The average molecular weight is 323 g/mol. The van der Waals surface area contributed by atoms with Crippen molar-refractivity contribution in [2.24, 2.45) is 0 Å². The Hall–Kier alpha value is -2.49. The highest BCUT2D eigenvalue weighted by atomic mass is 18.2. The lowest BCUT2D eigenvalue weighted by Crippen LogP contribution is -2.11. The van der Waals surface area contributed by atoms with Crippen molar-refractivity contribution < 1.29 is 9.13 Å². The second kappa shape index (κ2) is 6.56. The van der Waals surface area contributed by atoms with Crippen LogP contribution in [-0.4, -0.2) is 16.6 Å². The molecule has 3 nitrogen and oxygen atoms in total. The molecule has 0 fully saturated rings. The molecule has 0 saturated carbocycles. The van der Waals surface area contributed by atoms with E-state index in [9.17, 15) is 4.39 Å². The van der Waals surface area contributed by atoms with Gasteiger partial charge in [-0.3, -0.25) is 0 Å². The number of hydrogen-bond acceptors (Lipinski definition) is 3. The molecule has 24 heavy (non-hydrogen) atoms. The predicted molar refractivity (Wildman–Crippen MR) is 93.8 cm³/mol. The molecule has 1 aromatic heterocycles. The van der Waals surface area contributed by atoms with Gasteiger partial charge in [-0.2, -0.15) is 0 Å². The molecule has 3 aromatic rings. The third-order valence-electron chi connectivity index (χ3n) is 4.03. The molecule has 0 bridgehead atoms. The molecule has 0 radical (unpaired) electrons. The summed E-state index contributed by atoms with van der Waals surface area (Å²) in [5.41, 5.74) is 3.18. The van der Waals surface area contributed by atoms with Crippen LogP contribution in [0.2, 0.25) is 0 Å². The molecule has 124 valence electrons. The van der Waals surface area contributed by atoms with E-state index >= 15 is 0 Å². The van der Waals surface area contributed by atoms with Gasteiger partial charge in [0, 0.05) is 6.42 Å². The average Bonchev–Trinajstić information content (AvgIpc) is 2.55. The van der Waals surface area contributed by atoms with Crippen molar-refractivity contribution in [1.82, 2.24) is 9.97 Å². The molecule has 0 aliphatic heterocycles. The minimum atomic E-state index is -0.363. The molecule has 0 spiro atoms. The molecular weight excluding hydrogens is 302 g/mol. The van der Waals surface area contributed by atoms with E-state index < -0.39 is 0 Å². The second-order valence-corrected chi connectivity index (χ2v) is 6.86. The Morgan fingerprint density at radius 2 is 1.75 bits per heavy atom. The summed E-state index contributed by atoms with van der Waals surface area (Å²) >= 11 is 0. The molecule has 2 aromatic carbocycles. The van der Waals surface area contributed by atoms with Gasteiger partial charge < -0.3 is 4.74 Å². The standard InChI is InChI=1S/C20H21FN2O/c1-20(2,3)15-9-7-14(8-10-15)11-12-24-19-18-16(21)5-4-6-17(18)22-13-23-19/h4-10,13H,11-12H2,1-3H3/i21-1. The highest BCUT2D eigenvalue weighted by Crippen LogP contribution is 2.25. The first kappa shape index (κ1) is 16.4. The number of hydrogen-bond donors (Lipinski definition) is 0. The Kier molecular flexibility index (Phi) is 4.47. The van der Waals surface area contributed by atoms with E-state index in [1.54, 1.807) is 12.1 Å². The van der Waals surface area contributed by atoms with E-state index in [2.05, 4.69) is 55.0 Å². The topological polar surface area (TPSA) is 35.0 Å². The third-order valence-corrected chi connectivity index (χ3v) is 4.03. The highest BCUT2D eigenvalue weighted by Gasteiger charge is 2.13. The summed E-state index contributed by atoms with van der Waals surface area (Å²) in [7, 11) is 0. The molecular formula is C20H21FN2O. The van der Waals surface area contributed by atoms with E-state index in [0.29, 0.717) is 23.4 Å². The molecule has 0 saturated heterocycles. The summed E-state index contributed by atoms with van der Waals surface area (Å²) in [5.74, 6) is -0.0676. The lowest BCUT2D eigenvalue weighted by molar-refractivity contribution is 0.312. The van der Waals surface area contributed by atoms with Crippen LogP contribution in [0.4, 0.5) is 4.39 Å². The van der Waals surface area contributed by atoms with Crippen molar-refractivity contribution >= 4 is 10.9 Å². The first-order chi connectivity index (χ1) is 11.4. The summed E-state index contributed by atoms with van der Waals surface area (Å²) < 4.78 is 19.7. The van der Waals surface area contributed by atoms with Crippen LogP contribution in [0.1, 0.15) is 31.9 Å². The maximum atomic E-state index is 14.0. The van der Waals surface area contributed by atoms with Crippen LogP contribution in [0.15, 0.2) is 48.8 Å². The highest BCUT2D eigenvalue weighted by molar-refractivity contribution is 5.83. The molecule has 3 rings (SSSR count). The van der Waals surface area contributed by atoms with Crippen molar-refractivity contribution in [3.63, 3.8) is 0 Å². The number of benzene rings is 2. The minimum Gasteiger partial charge on any atom is -0.477 e. The van der Waals surface area contributed by atoms with Crippen LogP contribution >= 0.6 is 0 Å². The summed E-state index contributed by atoms with van der Waals surface area (Å²) in [6.07, 6.45) is 2.14. The van der Waals surface area contributed by atoms with Crippen molar-refractivity contribution in [1.29, 1.82) is 0 Å². The monoisotopic (exact) mass is 323 g/mol. The van der Waals surface area contributed by atoms with Gasteiger partial charge in [0.15, 0.2) is 0 Å². The lowest BCUT2D eigenvalue weighted by Gasteiger charge is -2.19. The Morgan fingerprint density at radius 1 is 1.00 bits per heavy atom. The fourth-order valence-electron chi connectivity index (χ4n) is 2.59. The lowest BCUT2D eigenvalue weighted by atomic mass is 9.86. The fraction of sp³-hybridized carbons (Fsp3) is 0.300. The van der Waals surface area contributed by atoms with Gasteiger partial charge in [0.1, 0.15) is 12.1 Å². The minimum absolute atomic E-state index is 0.145. The molecule has 4 heteroatoms. The van der Waals surface area contributed by atoms with Crippen LogP contribution in [0.5, 0.6) is 5.88 Å². The molecule has 0 aliphatic rings. The zero-order valence-electron chi connectivity index (χ0n) is 14.2.